The number of aryl methyl sites for hydroxylation is 2. The third-order valence-corrected chi connectivity index (χ3v) is 3.75. The van der Waals surface area contributed by atoms with E-state index < -0.39 is 0 Å². The standard InChI is InChI=1S/C20H22N2O3/c1-13-8-14(2)10-18(9-13)21-20(25)12-22(16(4)24)19-7-5-6-17(11-19)15(3)23/h5-11H,12H2,1-4H3,(H,21,25). The van der Waals surface area contributed by atoms with E-state index in [0.717, 1.165) is 11.1 Å². The molecule has 5 nitrogen and oxygen atoms in total. The Morgan fingerprint density at radius 1 is 0.960 bits per heavy atom. The van der Waals surface area contributed by atoms with Crippen LogP contribution in [0.15, 0.2) is 42.5 Å². The number of ketones is 1. The molecule has 0 saturated carbocycles. The van der Waals surface area contributed by atoms with Crippen LogP contribution in [0.25, 0.3) is 0 Å². The molecule has 2 aromatic carbocycles. The van der Waals surface area contributed by atoms with Crippen LogP contribution in [0.1, 0.15) is 35.3 Å². The van der Waals surface area contributed by atoms with E-state index in [9.17, 15) is 14.4 Å². The van der Waals surface area contributed by atoms with Gasteiger partial charge in [-0.15, -0.1) is 0 Å². The smallest absolute Gasteiger partial charge is 0.244 e. The van der Waals surface area contributed by atoms with Gasteiger partial charge < -0.3 is 10.2 Å². The molecule has 0 aliphatic rings. The fourth-order valence-corrected chi connectivity index (χ4v) is 2.67. The molecule has 0 radical (unpaired) electrons. The van der Waals surface area contributed by atoms with Crippen LogP contribution in [0.5, 0.6) is 0 Å². The zero-order valence-electron chi connectivity index (χ0n) is 14.9. The molecular weight excluding hydrogens is 316 g/mol. The van der Waals surface area contributed by atoms with Crippen LogP contribution in [0.3, 0.4) is 0 Å². The summed E-state index contributed by atoms with van der Waals surface area (Å²) in [4.78, 5) is 37.2. The SMILES string of the molecule is CC(=O)c1cccc(N(CC(=O)Nc2cc(C)cc(C)c2)C(C)=O)c1. The number of nitrogens with zero attached hydrogens (tertiary/aromatic N) is 1. The van der Waals surface area contributed by atoms with Gasteiger partial charge in [0, 0.05) is 23.9 Å². The quantitative estimate of drug-likeness (QED) is 0.849. The number of carbonyl (C=O) groups excluding carboxylic acids is 3. The molecular formula is C20H22N2O3. The predicted octanol–water partition coefficient (Wildman–Crippen LogP) is 3.50. The first-order chi connectivity index (χ1) is 11.8. The average molecular weight is 338 g/mol. The third-order valence-electron chi connectivity index (χ3n) is 3.75. The minimum absolute atomic E-state index is 0.0926. The predicted molar refractivity (Wildman–Crippen MR) is 99.0 cm³/mol. The van der Waals surface area contributed by atoms with Gasteiger partial charge in [-0.05, 0) is 56.2 Å². The second-order valence-electron chi connectivity index (χ2n) is 6.14. The van der Waals surface area contributed by atoms with Crippen molar-refractivity contribution in [1.29, 1.82) is 0 Å². The highest BCUT2D eigenvalue weighted by Crippen LogP contribution is 2.18. The van der Waals surface area contributed by atoms with Crippen molar-refractivity contribution in [2.75, 3.05) is 16.8 Å². The minimum atomic E-state index is -0.298. The van der Waals surface area contributed by atoms with Crippen LogP contribution in [0, 0.1) is 13.8 Å². The Bertz CT molecular complexity index is 807. The molecule has 0 spiro atoms. The summed E-state index contributed by atoms with van der Waals surface area (Å²) >= 11 is 0. The molecule has 0 unspecified atom stereocenters. The molecule has 0 fully saturated rings. The summed E-state index contributed by atoms with van der Waals surface area (Å²) in [5.74, 6) is -0.658. The van der Waals surface area contributed by atoms with Gasteiger partial charge in [-0.2, -0.15) is 0 Å². The summed E-state index contributed by atoms with van der Waals surface area (Å²) in [7, 11) is 0. The van der Waals surface area contributed by atoms with Crippen molar-refractivity contribution in [3.63, 3.8) is 0 Å². The number of hydrogen-bond donors (Lipinski definition) is 1. The molecule has 130 valence electrons. The van der Waals surface area contributed by atoms with Crippen LogP contribution < -0.4 is 10.2 Å². The molecule has 0 aliphatic heterocycles. The highest BCUT2D eigenvalue weighted by atomic mass is 16.2. The zero-order chi connectivity index (χ0) is 18.6. The van der Waals surface area contributed by atoms with Crippen LogP contribution in [-0.4, -0.2) is 24.1 Å². The second kappa shape index (κ2) is 7.75. The molecule has 1 N–H and O–H groups in total. The lowest BCUT2D eigenvalue weighted by molar-refractivity contribution is -0.120. The van der Waals surface area contributed by atoms with E-state index in [4.69, 9.17) is 0 Å². The molecule has 0 aromatic heterocycles. The molecule has 0 heterocycles. The Hall–Kier alpha value is -2.95. The first-order valence-electron chi connectivity index (χ1n) is 8.03. The summed E-state index contributed by atoms with van der Waals surface area (Å²) in [5.41, 5.74) is 3.82. The van der Waals surface area contributed by atoms with E-state index in [0.29, 0.717) is 16.9 Å². The van der Waals surface area contributed by atoms with Crippen molar-refractivity contribution in [3.8, 4) is 0 Å². The number of benzene rings is 2. The van der Waals surface area contributed by atoms with Gasteiger partial charge >= 0.3 is 0 Å². The van der Waals surface area contributed by atoms with E-state index in [-0.39, 0.29) is 24.1 Å². The Kier molecular flexibility index (Phi) is 5.70. The van der Waals surface area contributed by atoms with E-state index in [1.54, 1.807) is 24.3 Å². The summed E-state index contributed by atoms with van der Waals surface area (Å²) in [6.45, 7) is 6.65. The van der Waals surface area contributed by atoms with Crippen molar-refractivity contribution < 1.29 is 14.4 Å². The van der Waals surface area contributed by atoms with Gasteiger partial charge in [0.05, 0.1) is 0 Å². The number of nitrogens with one attached hydrogen (secondary N) is 1. The number of carbonyl (C=O) groups is 3. The van der Waals surface area contributed by atoms with Crippen molar-refractivity contribution >= 4 is 29.0 Å². The first kappa shape index (κ1) is 18.4. The first-order valence-corrected chi connectivity index (χ1v) is 8.03. The molecule has 2 amide bonds. The zero-order valence-corrected chi connectivity index (χ0v) is 14.9. The Morgan fingerprint density at radius 2 is 1.60 bits per heavy atom. The van der Waals surface area contributed by atoms with Crippen LogP contribution in [0.2, 0.25) is 0 Å². The molecule has 2 aromatic rings. The second-order valence-corrected chi connectivity index (χ2v) is 6.14. The lowest BCUT2D eigenvalue weighted by Gasteiger charge is -2.21. The maximum absolute atomic E-state index is 12.4. The van der Waals surface area contributed by atoms with Gasteiger partial charge in [-0.3, -0.25) is 14.4 Å². The van der Waals surface area contributed by atoms with Gasteiger partial charge in [-0.25, -0.2) is 0 Å². The van der Waals surface area contributed by atoms with E-state index in [1.807, 2.05) is 32.0 Å². The fourth-order valence-electron chi connectivity index (χ4n) is 2.67. The molecule has 2 rings (SSSR count). The monoisotopic (exact) mass is 338 g/mol. The number of anilines is 2. The highest BCUT2D eigenvalue weighted by molar-refractivity contribution is 6.03. The molecule has 0 aliphatic carbocycles. The van der Waals surface area contributed by atoms with Crippen LogP contribution >= 0.6 is 0 Å². The van der Waals surface area contributed by atoms with Crippen molar-refractivity contribution in [1.82, 2.24) is 0 Å². The summed E-state index contributed by atoms with van der Waals surface area (Å²) in [6.07, 6.45) is 0. The molecule has 0 atom stereocenters. The minimum Gasteiger partial charge on any atom is -0.325 e. The molecule has 5 heteroatoms. The van der Waals surface area contributed by atoms with Crippen molar-refractivity contribution in [2.45, 2.75) is 27.7 Å². The van der Waals surface area contributed by atoms with E-state index >= 15 is 0 Å². The molecule has 25 heavy (non-hydrogen) atoms. The highest BCUT2D eigenvalue weighted by Gasteiger charge is 2.17. The summed E-state index contributed by atoms with van der Waals surface area (Å²) in [6, 6.07) is 12.5. The van der Waals surface area contributed by atoms with Gasteiger partial charge in [-0.1, -0.05) is 18.2 Å². The van der Waals surface area contributed by atoms with Crippen LogP contribution in [0.4, 0.5) is 11.4 Å². The number of rotatable bonds is 5. The van der Waals surface area contributed by atoms with E-state index in [2.05, 4.69) is 5.32 Å². The normalized spacial score (nSPS) is 10.2. The Labute approximate surface area is 147 Å². The topological polar surface area (TPSA) is 66.5 Å². The summed E-state index contributed by atoms with van der Waals surface area (Å²) < 4.78 is 0. The maximum atomic E-state index is 12.4. The van der Waals surface area contributed by atoms with Crippen molar-refractivity contribution in [2.24, 2.45) is 0 Å². The lowest BCUT2D eigenvalue weighted by Crippen LogP contribution is -2.36. The lowest BCUT2D eigenvalue weighted by atomic mass is 10.1. The van der Waals surface area contributed by atoms with Crippen molar-refractivity contribution in [3.05, 3.63) is 59.2 Å². The van der Waals surface area contributed by atoms with Gasteiger partial charge in [0.15, 0.2) is 5.78 Å². The fraction of sp³-hybridized carbons (Fsp3) is 0.250. The number of hydrogen-bond acceptors (Lipinski definition) is 3. The summed E-state index contributed by atoms with van der Waals surface area (Å²) in [5, 5.41) is 2.82. The molecule has 0 saturated heterocycles. The average Bonchev–Trinajstić information content (AvgIpc) is 2.51. The Balaban J connectivity index is 2.18. The third kappa shape index (κ3) is 5.01. The molecule has 0 bridgehead atoms. The van der Waals surface area contributed by atoms with Gasteiger partial charge in [0.25, 0.3) is 0 Å². The van der Waals surface area contributed by atoms with E-state index in [1.165, 1.54) is 18.7 Å². The largest absolute Gasteiger partial charge is 0.325 e. The number of amides is 2. The van der Waals surface area contributed by atoms with Gasteiger partial charge in [0.1, 0.15) is 6.54 Å². The number of Topliss-reactive ketones (excluding diaryl/α,β-unsaturated/α-hetero) is 1. The van der Waals surface area contributed by atoms with Crippen LogP contribution in [-0.2, 0) is 9.59 Å². The Morgan fingerprint density at radius 3 is 2.16 bits per heavy atom. The maximum Gasteiger partial charge on any atom is 0.244 e. The van der Waals surface area contributed by atoms with Gasteiger partial charge in [0.2, 0.25) is 11.8 Å².